The molecule has 0 saturated heterocycles. The number of carboxylic acids is 1. The summed E-state index contributed by atoms with van der Waals surface area (Å²) in [5.74, 6) is -0.667. The molecule has 0 saturated carbocycles. The summed E-state index contributed by atoms with van der Waals surface area (Å²) in [6.07, 6.45) is 1.34. The molecule has 3 aromatic rings. The van der Waals surface area contributed by atoms with Gasteiger partial charge >= 0.3 is 5.97 Å². The number of halogens is 1. The topological polar surface area (TPSA) is 111 Å². The quantitative estimate of drug-likeness (QED) is 0.546. The van der Waals surface area contributed by atoms with Crippen molar-refractivity contribution >= 4 is 29.2 Å². The van der Waals surface area contributed by atoms with Crippen molar-refractivity contribution in [3.05, 3.63) is 57.6 Å². The van der Waals surface area contributed by atoms with E-state index in [0.29, 0.717) is 22.2 Å². The van der Waals surface area contributed by atoms with Crippen molar-refractivity contribution < 1.29 is 19.4 Å². The highest BCUT2D eigenvalue weighted by Crippen LogP contribution is 2.27. The Morgan fingerprint density at radius 2 is 1.84 bits per heavy atom. The van der Waals surface area contributed by atoms with Gasteiger partial charge in [0, 0.05) is 11.2 Å². The summed E-state index contributed by atoms with van der Waals surface area (Å²) in [5.41, 5.74) is 4.06. The van der Waals surface area contributed by atoms with Crippen molar-refractivity contribution in [3.8, 4) is 5.75 Å². The minimum absolute atomic E-state index is 0.107. The van der Waals surface area contributed by atoms with E-state index in [1.807, 2.05) is 32.9 Å². The molecule has 3 rings (SSSR count). The van der Waals surface area contributed by atoms with Crippen molar-refractivity contribution in [3.63, 3.8) is 0 Å². The van der Waals surface area contributed by atoms with Gasteiger partial charge in [-0.05, 0) is 57.0 Å². The van der Waals surface area contributed by atoms with Gasteiger partial charge in [0.2, 0.25) is 0 Å². The summed E-state index contributed by atoms with van der Waals surface area (Å²) < 4.78 is 8.89. The van der Waals surface area contributed by atoms with E-state index in [9.17, 15) is 9.59 Å². The van der Waals surface area contributed by atoms with Crippen LogP contribution in [0.3, 0.4) is 0 Å². The second-order valence-corrected chi connectivity index (χ2v) is 7.61. The van der Waals surface area contributed by atoms with Crippen LogP contribution in [-0.4, -0.2) is 36.5 Å². The van der Waals surface area contributed by atoms with Crippen molar-refractivity contribution in [2.24, 2.45) is 0 Å². The molecule has 1 amide bonds. The molecule has 2 aromatic heterocycles. The third kappa shape index (κ3) is 5.05. The largest absolute Gasteiger partial charge is 0.481 e. The van der Waals surface area contributed by atoms with Crippen LogP contribution in [0, 0.1) is 27.7 Å². The summed E-state index contributed by atoms with van der Waals surface area (Å²) in [6.45, 7) is 7.73. The van der Waals surface area contributed by atoms with Crippen LogP contribution in [0.15, 0.2) is 24.4 Å². The van der Waals surface area contributed by atoms with Crippen LogP contribution >= 0.6 is 11.6 Å². The molecule has 1 aromatic carbocycles. The Hall–Kier alpha value is -3.33. The van der Waals surface area contributed by atoms with Crippen LogP contribution in [0.1, 0.15) is 39.4 Å². The molecule has 0 spiro atoms. The Bertz CT molecular complexity index is 1110. The van der Waals surface area contributed by atoms with Crippen LogP contribution in [0.25, 0.3) is 0 Å². The molecule has 31 heavy (non-hydrogen) atoms. The number of hydrogen-bond donors (Lipinski definition) is 2. The standard InChI is InChI=1S/C21H24ClN5O4/c1-12-9-16(10-13(2)19(12)22)31-11-27-15(4)20(14(3)25-27)24-21(30)17-5-7-23-26(17)8-6-18(28)29/h5,7,9-10H,6,8,11H2,1-4H3,(H,24,30)(H,28,29). The molecule has 0 aliphatic carbocycles. The first-order valence-electron chi connectivity index (χ1n) is 9.66. The highest BCUT2D eigenvalue weighted by atomic mass is 35.5. The number of ether oxygens (including phenoxy) is 1. The third-order valence-electron chi connectivity index (χ3n) is 4.87. The lowest BCUT2D eigenvalue weighted by Crippen LogP contribution is -2.19. The molecule has 164 valence electrons. The fourth-order valence-corrected chi connectivity index (χ4v) is 3.32. The molecule has 9 nitrogen and oxygen atoms in total. The number of carboxylic acid groups (broad SMARTS) is 1. The predicted octanol–water partition coefficient (Wildman–Crippen LogP) is 3.73. The number of anilines is 1. The van der Waals surface area contributed by atoms with E-state index in [1.165, 1.54) is 10.9 Å². The summed E-state index contributed by atoms with van der Waals surface area (Å²) in [4.78, 5) is 23.5. The predicted molar refractivity (Wildman–Crippen MR) is 116 cm³/mol. The van der Waals surface area contributed by atoms with Crippen molar-refractivity contribution in [2.45, 2.75) is 47.4 Å². The normalized spacial score (nSPS) is 10.9. The number of rotatable bonds is 8. The average molecular weight is 446 g/mol. The van der Waals surface area contributed by atoms with Crippen molar-refractivity contribution in [1.29, 1.82) is 0 Å². The van der Waals surface area contributed by atoms with Gasteiger partial charge in [-0.3, -0.25) is 14.3 Å². The second-order valence-electron chi connectivity index (χ2n) is 7.23. The van der Waals surface area contributed by atoms with E-state index in [1.54, 1.807) is 17.7 Å². The molecular formula is C21H24ClN5O4. The number of hydrogen-bond acceptors (Lipinski definition) is 5. The lowest BCUT2D eigenvalue weighted by atomic mass is 10.1. The first-order valence-corrected chi connectivity index (χ1v) is 10.0. The van der Waals surface area contributed by atoms with E-state index in [2.05, 4.69) is 15.5 Å². The van der Waals surface area contributed by atoms with Gasteiger partial charge in [-0.25, -0.2) is 4.68 Å². The maximum absolute atomic E-state index is 12.7. The van der Waals surface area contributed by atoms with Gasteiger partial charge in [-0.15, -0.1) is 0 Å². The zero-order valence-corrected chi connectivity index (χ0v) is 18.5. The van der Waals surface area contributed by atoms with Crippen molar-refractivity contribution in [1.82, 2.24) is 19.6 Å². The minimum atomic E-state index is -0.958. The van der Waals surface area contributed by atoms with E-state index >= 15 is 0 Å². The fraction of sp³-hybridized carbons (Fsp3) is 0.333. The first-order chi connectivity index (χ1) is 14.7. The lowest BCUT2D eigenvalue weighted by molar-refractivity contribution is -0.137. The molecule has 10 heteroatoms. The summed E-state index contributed by atoms with van der Waals surface area (Å²) in [7, 11) is 0. The Labute approximate surface area is 184 Å². The summed E-state index contributed by atoms with van der Waals surface area (Å²) in [5, 5.41) is 20.9. The van der Waals surface area contributed by atoms with Gasteiger partial charge < -0.3 is 15.2 Å². The SMILES string of the molecule is Cc1cc(OCn2nc(C)c(NC(=O)c3ccnn3CCC(=O)O)c2C)cc(C)c1Cl. The maximum atomic E-state index is 12.7. The van der Waals surface area contributed by atoms with Gasteiger partial charge in [-0.1, -0.05) is 11.6 Å². The number of aryl methyl sites for hydroxylation is 4. The molecule has 2 N–H and O–H groups in total. The number of carbonyl (C=O) groups excluding carboxylic acids is 1. The smallest absolute Gasteiger partial charge is 0.305 e. The van der Waals surface area contributed by atoms with Gasteiger partial charge in [0.15, 0.2) is 6.73 Å². The number of carbonyl (C=O) groups is 2. The number of aliphatic carboxylic acids is 1. The molecule has 2 heterocycles. The monoisotopic (exact) mass is 445 g/mol. The lowest BCUT2D eigenvalue weighted by Gasteiger charge is -2.11. The van der Waals surface area contributed by atoms with Crippen LogP contribution in [0.2, 0.25) is 5.02 Å². The molecule has 0 aliphatic rings. The Morgan fingerprint density at radius 3 is 2.48 bits per heavy atom. The number of nitrogens with one attached hydrogen (secondary N) is 1. The van der Waals surface area contributed by atoms with Crippen LogP contribution in [-0.2, 0) is 18.1 Å². The van der Waals surface area contributed by atoms with E-state index in [0.717, 1.165) is 16.8 Å². The van der Waals surface area contributed by atoms with E-state index in [4.69, 9.17) is 21.4 Å². The Balaban J connectivity index is 1.72. The Kier molecular flexibility index (Phi) is 6.65. The Morgan fingerprint density at radius 1 is 1.16 bits per heavy atom. The average Bonchev–Trinajstić information content (AvgIpc) is 3.28. The van der Waals surface area contributed by atoms with E-state index < -0.39 is 11.9 Å². The zero-order valence-electron chi connectivity index (χ0n) is 17.8. The van der Waals surface area contributed by atoms with Gasteiger partial charge in [0.25, 0.3) is 5.91 Å². The number of amides is 1. The number of aromatic nitrogens is 4. The molecular weight excluding hydrogens is 422 g/mol. The van der Waals surface area contributed by atoms with E-state index in [-0.39, 0.29) is 25.4 Å². The van der Waals surface area contributed by atoms with Crippen LogP contribution in [0.4, 0.5) is 5.69 Å². The van der Waals surface area contributed by atoms with Gasteiger partial charge in [0.1, 0.15) is 11.4 Å². The fourth-order valence-electron chi connectivity index (χ4n) is 3.21. The zero-order chi connectivity index (χ0) is 22.7. The number of benzene rings is 1. The minimum Gasteiger partial charge on any atom is -0.481 e. The van der Waals surface area contributed by atoms with Crippen LogP contribution < -0.4 is 10.1 Å². The van der Waals surface area contributed by atoms with Gasteiger partial charge in [-0.2, -0.15) is 10.2 Å². The summed E-state index contributed by atoms with van der Waals surface area (Å²) >= 11 is 6.20. The highest BCUT2D eigenvalue weighted by Gasteiger charge is 2.18. The van der Waals surface area contributed by atoms with Crippen molar-refractivity contribution in [2.75, 3.05) is 5.32 Å². The third-order valence-corrected chi connectivity index (χ3v) is 5.47. The molecule has 0 bridgehead atoms. The number of nitrogens with zero attached hydrogens (tertiary/aromatic N) is 4. The van der Waals surface area contributed by atoms with Crippen LogP contribution in [0.5, 0.6) is 5.75 Å². The highest BCUT2D eigenvalue weighted by molar-refractivity contribution is 6.32. The first kappa shape index (κ1) is 22.4. The summed E-state index contributed by atoms with van der Waals surface area (Å²) in [6, 6.07) is 5.27. The molecule has 0 atom stereocenters. The maximum Gasteiger partial charge on any atom is 0.305 e. The second kappa shape index (κ2) is 9.22. The molecule has 0 unspecified atom stereocenters. The molecule has 0 radical (unpaired) electrons. The molecule has 0 aliphatic heterocycles. The molecule has 0 fully saturated rings. The van der Waals surface area contributed by atoms with Gasteiger partial charge in [0.05, 0.1) is 30.0 Å².